The summed E-state index contributed by atoms with van der Waals surface area (Å²) in [5.74, 6) is -0.275. The van der Waals surface area contributed by atoms with Gasteiger partial charge in [-0.1, -0.05) is 43.2 Å². The maximum absolute atomic E-state index is 13.0. The average molecular weight is 341 g/mol. The number of benzene rings is 1. The number of carbonyl (C=O) groups is 3. The first-order valence-corrected chi connectivity index (χ1v) is 9.04. The summed E-state index contributed by atoms with van der Waals surface area (Å²) in [5, 5.41) is 8.23. The molecule has 3 N–H and O–H groups in total. The summed E-state index contributed by atoms with van der Waals surface area (Å²) in [4.78, 5) is 36.8. The Balaban J connectivity index is 1.47. The van der Waals surface area contributed by atoms with E-state index in [9.17, 15) is 14.4 Å². The topological polar surface area (TPSA) is 87.3 Å². The average Bonchev–Trinajstić information content (AvgIpc) is 3.09. The Morgan fingerprint density at radius 1 is 1.12 bits per heavy atom. The van der Waals surface area contributed by atoms with E-state index in [-0.39, 0.29) is 17.7 Å². The van der Waals surface area contributed by atoms with E-state index in [1.807, 2.05) is 30.3 Å². The molecule has 6 heteroatoms. The van der Waals surface area contributed by atoms with Gasteiger partial charge in [0.2, 0.25) is 5.91 Å². The Kier molecular flexibility index (Phi) is 3.78. The Bertz CT molecular complexity index is 714. The van der Waals surface area contributed by atoms with Crippen molar-refractivity contribution in [1.82, 2.24) is 16.0 Å². The number of carbonyl (C=O) groups excluding carboxylic acids is 3. The molecule has 1 aromatic carbocycles. The first kappa shape index (κ1) is 16.1. The molecule has 0 unspecified atom stereocenters. The van der Waals surface area contributed by atoms with Crippen LogP contribution in [0.25, 0.3) is 0 Å². The summed E-state index contributed by atoms with van der Waals surface area (Å²) in [7, 11) is 0. The van der Waals surface area contributed by atoms with Gasteiger partial charge in [-0.05, 0) is 31.2 Å². The molecular formula is C19H23N3O3. The summed E-state index contributed by atoms with van der Waals surface area (Å²) in [6.45, 7) is 0.418. The number of hydrogen-bond acceptors (Lipinski definition) is 3. The largest absolute Gasteiger partial charge is 0.355 e. The minimum Gasteiger partial charge on any atom is -0.355 e. The molecule has 2 atom stereocenters. The summed E-state index contributed by atoms with van der Waals surface area (Å²) in [5.41, 5.74) is -0.218. The predicted molar refractivity (Wildman–Crippen MR) is 91.7 cm³/mol. The zero-order valence-corrected chi connectivity index (χ0v) is 14.1. The Hall–Kier alpha value is -2.37. The van der Waals surface area contributed by atoms with E-state index in [1.54, 1.807) is 0 Å². The number of urea groups is 1. The highest BCUT2D eigenvalue weighted by atomic mass is 16.2. The van der Waals surface area contributed by atoms with Crippen LogP contribution in [-0.4, -0.2) is 29.9 Å². The Morgan fingerprint density at radius 3 is 2.48 bits per heavy atom. The van der Waals surface area contributed by atoms with Crippen LogP contribution in [0.2, 0.25) is 0 Å². The summed E-state index contributed by atoms with van der Waals surface area (Å²) >= 11 is 0. The van der Waals surface area contributed by atoms with Gasteiger partial charge in [0.05, 0.1) is 5.41 Å². The molecule has 0 radical (unpaired) electrons. The highest BCUT2D eigenvalue weighted by molar-refractivity contribution is 6.07. The molecule has 0 bridgehead atoms. The van der Waals surface area contributed by atoms with Crippen LogP contribution >= 0.6 is 0 Å². The number of hydrogen-bond donors (Lipinski definition) is 3. The van der Waals surface area contributed by atoms with Crippen LogP contribution in [-0.2, 0) is 15.0 Å². The van der Waals surface area contributed by atoms with E-state index >= 15 is 0 Å². The number of nitrogens with one attached hydrogen (secondary N) is 3. The van der Waals surface area contributed by atoms with E-state index in [0.29, 0.717) is 13.0 Å². The van der Waals surface area contributed by atoms with E-state index in [1.165, 1.54) is 0 Å². The third-order valence-corrected chi connectivity index (χ3v) is 6.27. The van der Waals surface area contributed by atoms with Crippen molar-refractivity contribution >= 4 is 17.8 Å². The second-order valence-corrected chi connectivity index (χ2v) is 7.48. The fourth-order valence-corrected chi connectivity index (χ4v) is 4.64. The number of imide groups is 1. The van der Waals surface area contributed by atoms with Crippen LogP contribution in [0.1, 0.15) is 44.1 Å². The zero-order chi connectivity index (χ0) is 17.5. The third-order valence-electron chi connectivity index (χ3n) is 6.27. The monoisotopic (exact) mass is 341 g/mol. The molecule has 1 saturated heterocycles. The molecule has 25 heavy (non-hydrogen) atoms. The lowest BCUT2D eigenvalue weighted by Crippen LogP contribution is -2.55. The lowest BCUT2D eigenvalue weighted by atomic mass is 9.63. The summed E-state index contributed by atoms with van der Waals surface area (Å²) < 4.78 is 0. The maximum atomic E-state index is 13.0. The third kappa shape index (κ3) is 2.42. The van der Waals surface area contributed by atoms with Crippen LogP contribution in [0.15, 0.2) is 30.3 Å². The standard InChI is InChI=1S/C19H23N3O3/c23-15(18(9-5-10-18)13-6-2-1-3-7-13)20-12-14-8-4-11-19(14)16(24)21-17(25)22-19/h1-3,6-7,14H,4-5,8-12H2,(H,20,23)(H2,21,22,24,25)/t14-,19+/m1/s1. The Labute approximate surface area is 146 Å². The molecule has 1 aliphatic heterocycles. The highest BCUT2D eigenvalue weighted by Gasteiger charge is 2.54. The molecule has 4 amide bonds. The van der Waals surface area contributed by atoms with Gasteiger partial charge in [-0.2, -0.15) is 0 Å². The minimum absolute atomic E-state index is 0.0386. The minimum atomic E-state index is -0.843. The van der Waals surface area contributed by atoms with Crippen molar-refractivity contribution in [3.05, 3.63) is 35.9 Å². The molecule has 2 aliphatic carbocycles. The van der Waals surface area contributed by atoms with Crippen molar-refractivity contribution in [2.45, 2.75) is 49.5 Å². The van der Waals surface area contributed by atoms with E-state index < -0.39 is 17.0 Å². The molecular weight excluding hydrogens is 318 g/mol. The maximum Gasteiger partial charge on any atom is 0.322 e. The Morgan fingerprint density at radius 2 is 1.88 bits per heavy atom. The molecule has 3 fully saturated rings. The van der Waals surface area contributed by atoms with Crippen molar-refractivity contribution in [3.8, 4) is 0 Å². The summed E-state index contributed by atoms with van der Waals surface area (Å²) in [6.07, 6.45) is 5.10. The van der Waals surface area contributed by atoms with Gasteiger partial charge in [-0.3, -0.25) is 14.9 Å². The van der Waals surface area contributed by atoms with Crippen molar-refractivity contribution in [3.63, 3.8) is 0 Å². The van der Waals surface area contributed by atoms with Gasteiger partial charge >= 0.3 is 6.03 Å². The quantitative estimate of drug-likeness (QED) is 0.727. The first-order chi connectivity index (χ1) is 12.1. The molecule has 3 aliphatic rings. The second kappa shape index (κ2) is 5.86. The highest BCUT2D eigenvalue weighted by Crippen LogP contribution is 2.44. The van der Waals surface area contributed by atoms with Gasteiger partial charge in [0.1, 0.15) is 5.54 Å². The molecule has 132 valence electrons. The summed E-state index contributed by atoms with van der Waals surface area (Å²) in [6, 6.07) is 9.49. The molecule has 6 nitrogen and oxygen atoms in total. The second-order valence-electron chi connectivity index (χ2n) is 7.48. The van der Waals surface area contributed by atoms with E-state index in [0.717, 1.165) is 37.7 Å². The van der Waals surface area contributed by atoms with Gasteiger partial charge in [0.25, 0.3) is 5.91 Å². The first-order valence-electron chi connectivity index (χ1n) is 9.04. The normalized spacial score (nSPS) is 29.8. The lowest BCUT2D eigenvalue weighted by molar-refractivity contribution is -0.131. The van der Waals surface area contributed by atoms with E-state index in [2.05, 4.69) is 16.0 Å². The predicted octanol–water partition coefficient (Wildman–Crippen LogP) is 1.60. The number of rotatable bonds is 4. The molecule has 1 heterocycles. The molecule has 1 spiro atoms. The number of amides is 4. The van der Waals surface area contributed by atoms with Crippen LogP contribution in [0.4, 0.5) is 4.79 Å². The van der Waals surface area contributed by atoms with Gasteiger partial charge in [0, 0.05) is 12.5 Å². The van der Waals surface area contributed by atoms with Crippen molar-refractivity contribution in [2.75, 3.05) is 6.54 Å². The van der Waals surface area contributed by atoms with E-state index in [4.69, 9.17) is 0 Å². The van der Waals surface area contributed by atoms with Gasteiger partial charge in [0.15, 0.2) is 0 Å². The fourth-order valence-electron chi connectivity index (χ4n) is 4.64. The van der Waals surface area contributed by atoms with Crippen LogP contribution in [0.5, 0.6) is 0 Å². The molecule has 2 saturated carbocycles. The smallest absolute Gasteiger partial charge is 0.322 e. The fraction of sp³-hybridized carbons (Fsp3) is 0.526. The van der Waals surface area contributed by atoms with Crippen molar-refractivity contribution in [1.29, 1.82) is 0 Å². The molecule has 1 aromatic rings. The van der Waals surface area contributed by atoms with Gasteiger partial charge in [-0.25, -0.2) is 4.79 Å². The van der Waals surface area contributed by atoms with Crippen LogP contribution in [0.3, 0.4) is 0 Å². The van der Waals surface area contributed by atoms with Crippen LogP contribution < -0.4 is 16.0 Å². The molecule has 0 aromatic heterocycles. The SMILES string of the molecule is O=C1NC(=O)[C@@]2(CCC[C@@H]2CNC(=O)C2(c3ccccc3)CCC2)N1. The zero-order valence-electron chi connectivity index (χ0n) is 14.1. The van der Waals surface area contributed by atoms with Crippen molar-refractivity contribution < 1.29 is 14.4 Å². The molecule has 4 rings (SSSR count). The van der Waals surface area contributed by atoms with Gasteiger partial charge < -0.3 is 10.6 Å². The van der Waals surface area contributed by atoms with Crippen molar-refractivity contribution in [2.24, 2.45) is 5.92 Å². The van der Waals surface area contributed by atoms with Gasteiger partial charge in [-0.15, -0.1) is 0 Å². The van der Waals surface area contributed by atoms with Crippen LogP contribution in [0, 0.1) is 5.92 Å². The lowest BCUT2D eigenvalue weighted by Gasteiger charge is -2.41.